The standard InChI is InChI=1S/C49H84N8O.C18H34.C5H12/c1-33(2)43-31-36(6)46(34(3)4)51-39(9)48-35(5)23-29-55(48)41(11)45-22-19-26-54(28-24-37(7)49(13,14)15)56(45)38(8)32-52(17)40(10)44-21-18-25-53(27-20-30-58)57(44)42(12)47(43)50-16;1-8-15-13-18(7,17(5,6)9-2)11-10-16(15)12-14(3)4;1-5(2,3)4/h30,33-35,43-48,50-51H,6-12,18-29,31-32H2,1-5,13-17H3;9,14-16H,2,8,10-13H2,1,3-7H3;1-4H3. The maximum Gasteiger partial charge on any atom is 0.121 e. The maximum atomic E-state index is 11.8. The maximum absolute atomic E-state index is 11.8. The molecule has 81 heavy (non-hydrogen) atoms. The van der Waals surface area contributed by atoms with Crippen LogP contribution in [0, 0.1) is 63.1 Å². The van der Waals surface area contributed by atoms with Crippen LogP contribution in [0.4, 0.5) is 0 Å². The molecule has 0 aromatic carbocycles. The number of allylic oxidation sites excluding steroid dienone is 1. The molecule has 5 rings (SSSR count). The molecule has 0 radical (unpaired) electrons. The van der Waals surface area contributed by atoms with Crippen LogP contribution in [0.15, 0.2) is 98.3 Å². The van der Waals surface area contributed by atoms with Crippen LogP contribution in [0.25, 0.3) is 0 Å². The summed E-state index contributed by atoms with van der Waals surface area (Å²) in [5, 5.41) is 17.5. The quantitative estimate of drug-likeness (QED) is 0.131. The van der Waals surface area contributed by atoms with Gasteiger partial charge in [0.15, 0.2) is 0 Å². The Bertz CT molecular complexity index is 2090. The fourth-order valence-corrected chi connectivity index (χ4v) is 14.0. The van der Waals surface area contributed by atoms with Crippen LogP contribution in [0.1, 0.15) is 208 Å². The van der Waals surface area contributed by atoms with Crippen LogP contribution in [0.3, 0.4) is 0 Å². The number of hydrogen-bond acceptors (Lipinski definition) is 9. The van der Waals surface area contributed by atoms with E-state index in [1.807, 2.05) is 0 Å². The Labute approximate surface area is 502 Å². The Hall–Kier alpha value is -3.53. The number of nitrogens with zero attached hydrogens (tertiary/aromatic N) is 6. The zero-order valence-corrected chi connectivity index (χ0v) is 56.8. The highest BCUT2D eigenvalue weighted by molar-refractivity contribution is 5.49. The number of carbonyl (C=O) groups is 1. The third kappa shape index (κ3) is 19.5. The second kappa shape index (κ2) is 31.0. The van der Waals surface area contributed by atoms with Gasteiger partial charge in [0.25, 0.3) is 0 Å². The number of likely N-dealkylation sites (N-methyl/N-ethyl adjacent to an activating group) is 2. The summed E-state index contributed by atoms with van der Waals surface area (Å²) < 4.78 is 0. The van der Waals surface area contributed by atoms with Crippen molar-refractivity contribution in [3.05, 3.63) is 98.3 Å². The third-order valence-corrected chi connectivity index (χ3v) is 19.7. The number of rotatable bonds is 14. The van der Waals surface area contributed by atoms with Gasteiger partial charge < -0.3 is 25.2 Å². The van der Waals surface area contributed by atoms with E-state index in [1.54, 1.807) is 0 Å². The molecule has 4 aliphatic heterocycles. The number of carbonyl (C=O) groups excluding carboxylic acids is 1. The molecule has 464 valence electrons. The Balaban J connectivity index is 0.000000621. The minimum atomic E-state index is -0.0264. The van der Waals surface area contributed by atoms with Gasteiger partial charge in [-0.3, -0.25) is 10.0 Å². The van der Waals surface area contributed by atoms with E-state index in [0.717, 1.165) is 124 Å². The smallest absolute Gasteiger partial charge is 0.121 e. The molecule has 0 spiro atoms. The monoisotopic (exact) mass is 1120 g/mol. The number of fused-ring (bicyclic) bond motifs is 3. The van der Waals surface area contributed by atoms with E-state index in [0.29, 0.717) is 48.1 Å². The molecule has 10 atom stereocenters. The molecular formula is C72H130N8O. The topological polar surface area (TPSA) is 60.6 Å². The number of aldehydes is 1. The van der Waals surface area contributed by atoms with Gasteiger partial charge in [-0.05, 0) is 141 Å². The van der Waals surface area contributed by atoms with E-state index in [1.165, 1.54) is 43.3 Å². The predicted molar refractivity (Wildman–Crippen MR) is 354 cm³/mol. The molecule has 4 heterocycles. The lowest BCUT2D eigenvalue weighted by atomic mass is 9.54. The van der Waals surface area contributed by atoms with Gasteiger partial charge in [0.05, 0.1) is 30.7 Å². The average Bonchev–Trinajstić information content (AvgIpc) is 3.87. The van der Waals surface area contributed by atoms with E-state index >= 15 is 0 Å². The van der Waals surface area contributed by atoms with Crippen molar-refractivity contribution in [2.24, 2.45) is 63.1 Å². The SMILES string of the molecule is C=C1CC(C(C)C)C(NC)C(=C)N2C(CCCN2CCC=O)C(=C)N(C)CC(=C)N2C(CCCN2CCC(=C)C(C)(C)C)C(=C)N2CCC(C)C2C(=C)NC1C(C)C.C=CC(C)(C)C1(C)CCC(CC(C)C)C(CC)C1.CC(C)(C)C. The van der Waals surface area contributed by atoms with E-state index < -0.39 is 0 Å². The Morgan fingerprint density at radius 3 is 1.85 bits per heavy atom. The summed E-state index contributed by atoms with van der Waals surface area (Å²) in [6, 6.07) is 0.204. The molecular weight excluding hydrogens is 993 g/mol. The minimum absolute atomic E-state index is 0.0155. The number of nitrogens with one attached hydrogen (secondary N) is 2. The van der Waals surface area contributed by atoms with Crippen molar-refractivity contribution in [2.75, 3.05) is 53.4 Å². The third-order valence-electron chi connectivity index (χ3n) is 19.7. The number of hydrogen-bond donors (Lipinski definition) is 2. The lowest BCUT2D eigenvalue weighted by Crippen LogP contribution is -2.58. The van der Waals surface area contributed by atoms with Gasteiger partial charge in [0.1, 0.15) is 6.29 Å². The first-order valence-electron chi connectivity index (χ1n) is 32.4. The summed E-state index contributed by atoms with van der Waals surface area (Å²) in [6.45, 7) is 84.0. The highest BCUT2D eigenvalue weighted by atomic mass is 16.1. The Morgan fingerprint density at radius 1 is 0.790 bits per heavy atom. The van der Waals surface area contributed by atoms with Gasteiger partial charge in [-0.2, -0.15) is 0 Å². The molecule has 5 fully saturated rings. The van der Waals surface area contributed by atoms with E-state index in [-0.39, 0.29) is 47.0 Å². The van der Waals surface area contributed by atoms with Crippen molar-refractivity contribution in [1.29, 1.82) is 0 Å². The van der Waals surface area contributed by atoms with Crippen molar-refractivity contribution in [1.82, 2.24) is 40.5 Å². The average molecular weight is 1120 g/mol. The molecule has 1 aliphatic carbocycles. The molecule has 0 aromatic rings. The minimum Gasteiger partial charge on any atom is -0.380 e. The van der Waals surface area contributed by atoms with Crippen LogP contribution in [-0.4, -0.2) is 120 Å². The van der Waals surface area contributed by atoms with Gasteiger partial charge in [-0.25, -0.2) is 10.0 Å². The van der Waals surface area contributed by atoms with Gasteiger partial charge in [-0.15, -0.1) is 6.58 Å². The molecule has 1 saturated carbocycles. The summed E-state index contributed by atoms with van der Waals surface area (Å²) in [6.07, 6.45) is 17.5. The molecule has 0 bridgehead atoms. The van der Waals surface area contributed by atoms with Gasteiger partial charge in [0.2, 0.25) is 0 Å². The molecule has 0 amide bonds. The summed E-state index contributed by atoms with van der Waals surface area (Å²) in [4.78, 5) is 16.7. The van der Waals surface area contributed by atoms with Crippen LogP contribution < -0.4 is 10.6 Å². The van der Waals surface area contributed by atoms with Crippen molar-refractivity contribution in [2.45, 2.75) is 238 Å². The van der Waals surface area contributed by atoms with Gasteiger partial charge in [-0.1, -0.05) is 194 Å². The Kier molecular flexibility index (Phi) is 27.5. The molecule has 10 unspecified atom stereocenters. The van der Waals surface area contributed by atoms with Gasteiger partial charge in [0, 0.05) is 80.7 Å². The predicted octanol–water partition coefficient (Wildman–Crippen LogP) is 16.7. The van der Waals surface area contributed by atoms with Crippen molar-refractivity contribution in [3.8, 4) is 0 Å². The molecule has 4 saturated heterocycles. The van der Waals surface area contributed by atoms with Crippen LogP contribution in [-0.2, 0) is 4.79 Å². The van der Waals surface area contributed by atoms with Crippen LogP contribution in [0.5, 0.6) is 0 Å². The number of hydrazine groups is 2. The molecule has 2 N–H and O–H groups in total. The summed E-state index contributed by atoms with van der Waals surface area (Å²) in [5.74, 6) is 4.05. The lowest BCUT2D eigenvalue weighted by Gasteiger charge is -2.52. The molecule has 9 nitrogen and oxygen atoms in total. The lowest BCUT2D eigenvalue weighted by molar-refractivity contribution is -0.110. The van der Waals surface area contributed by atoms with E-state index in [2.05, 4.69) is 198 Å². The normalized spacial score (nSPS) is 29.4. The van der Waals surface area contributed by atoms with Gasteiger partial charge >= 0.3 is 0 Å². The van der Waals surface area contributed by atoms with Crippen LogP contribution in [0.2, 0.25) is 0 Å². The summed E-state index contributed by atoms with van der Waals surface area (Å²) in [5.41, 5.74) is 9.00. The zero-order valence-electron chi connectivity index (χ0n) is 56.8. The first-order chi connectivity index (χ1) is 37.5. The first-order valence-corrected chi connectivity index (χ1v) is 32.4. The highest BCUT2D eigenvalue weighted by Crippen LogP contribution is 2.55. The van der Waals surface area contributed by atoms with Crippen molar-refractivity contribution < 1.29 is 4.79 Å². The molecule has 9 heteroatoms. The zero-order chi connectivity index (χ0) is 61.7. The highest BCUT2D eigenvalue weighted by Gasteiger charge is 2.46. The molecule has 5 aliphatic rings. The fraction of sp³-hybridized carbons (Fsp3) is 0.764. The van der Waals surface area contributed by atoms with Crippen molar-refractivity contribution in [3.63, 3.8) is 0 Å². The first kappa shape index (κ1) is 71.7. The van der Waals surface area contributed by atoms with Crippen LogP contribution >= 0.6 is 0 Å². The van der Waals surface area contributed by atoms with E-state index in [4.69, 9.17) is 39.5 Å². The molecule has 0 aromatic heterocycles. The second-order valence-electron chi connectivity index (χ2n) is 30.5. The van der Waals surface area contributed by atoms with E-state index in [9.17, 15) is 4.79 Å². The van der Waals surface area contributed by atoms with Crippen molar-refractivity contribution >= 4 is 6.29 Å². The largest absolute Gasteiger partial charge is 0.380 e. The summed E-state index contributed by atoms with van der Waals surface area (Å²) >= 11 is 0. The second-order valence-corrected chi connectivity index (χ2v) is 30.5. The summed E-state index contributed by atoms with van der Waals surface area (Å²) in [7, 11) is 4.22. The fourth-order valence-electron chi connectivity index (χ4n) is 14.0. The Morgan fingerprint density at radius 2 is 1.36 bits per heavy atom.